The maximum atomic E-state index is 6.08. The predicted octanol–water partition coefficient (Wildman–Crippen LogP) is 4.37. The minimum atomic E-state index is 0.333. The van der Waals surface area contributed by atoms with Crippen molar-refractivity contribution in [3.8, 4) is 0 Å². The minimum absolute atomic E-state index is 0.333. The lowest BCUT2D eigenvalue weighted by Gasteiger charge is -2.24. The molecule has 0 radical (unpaired) electrons. The topological polar surface area (TPSA) is 17.8 Å². The molecule has 102 valence electrons. The van der Waals surface area contributed by atoms with Crippen molar-refractivity contribution in [2.24, 2.45) is 0 Å². The summed E-state index contributed by atoms with van der Waals surface area (Å²) >= 11 is 8.17. The normalized spacial score (nSPS) is 23.3. The van der Waals surface area contributed by atoms with Gasteiger partial charge in [0.15, 0.2) is 0 Å². The summed E-state index contributed by atoms with van der Waals surface area (Å²) in [7, 11) is 0. The molecule has 1 aliphatic heterocycles. The van der Waals surface area contributed by atoms with E-state index in [9.17, 15) is 0 Å². The molecule has 0 aliphatic carbocycles. The second kappa shape index (κ2) is 5.02. The Labute approximate surface area is 123 Å². The molecule has 1 atom stereocenters. The van der Waals surface area contributed by atoms with E-state index in [4.69, 9.17) is 11.6 Å². The summed E-state index contributed by atoms with van der Waals surface area (Å²) in [5.41, 5.74) is 3.54. The summed E-state index contributed by atoms with van der Waals surface area (Å²) in [6.45, 7) is 5.48. The molecule has 1 aromatic carbocycles. The lowest BCUT2D eigenvalue weighted by atomic mass is 10.1. The maximum absolute atomic E-state index is 6.08. The molecule has 0 amide bonds. The summed E-state index contributed by atoms with van der Waals surface area (Å²) in [5.74, 6) is 2.75. The fourth-order valence-corrected chi connectivity index (χ4v) is 4.36. The molecular weight excluding hydrogens is 276 g/mol. The molecule has 2 heterocycles. The van der Waals surface area contributed by atoms with Gasteiger partial charge in [0, 0.05) is 11.3 Å². The van der Waals surface area contributed by atoms with Crippen LogP contribution in [0.3, 0.4) is 0 Å². The minimum Gasteiger partial charge on any atom is -0.326 e. The van der Waals surface area contributed by atoms with Gasteiger partial charge in [-0.2, -0.15) is 11.8 Å². The van der Waals surface area contributed by atoms with Crippen LogP contribution in [-0.4, -0.2) is 20.1 Å². The molecule has 1 unspecified atom stereocenters. The Kier molecular flexibility index (Phi) is 3.52. The van der Waals surface area contributed by atoms with E-state index < -0.39 is 0 Å². The number of hydrogen-bond acceptors (Lipinski definition) is 2. The van der Waals surface area contributed by atoms with E-state index >= 15 is 0 Å². The first kappa shape index (κ1) is 13.3. The molecule has 1 aliphatic rings. The number of fused-ring (bicyclic) bond motifs is 1. The summed E-state index contributed by atoms with van der Waals surface area (Å²) in [6.07, 6.45) is 2.61. The van der Waals surface area contributed by atoms with E-state index in [1.54, 1.807) is 0 Å². The Morgan fingerprint density at radius 3 is 3.00 bits per heavy atom. The number of hydrogen-bond donors (Lipinski definition) is 0. The van der Waals surface area contributed by atoms with Crippen LogP contribution in [0.1, 0.15) is 31.2 Å². The number of halogens is 1. The van der Waals surface area contributed by atoms with E-state index in [-0.39, 0.29) is 0 Å². The molecule has 1 aromatic heterocycles. The molecule has 0 N–H and O–H groups in total. The molecule has 2 nitrogen and oxygen atoms in total. The van der Waals surface area contributed by atoms with E-state index in [1.807, 2.05) is 0 Å². The predicted molar refractivity (Wildman–Crippen MR) is 84.1 cm³/mol. The van der Waals surface area contributed by atoms with Crippen molar-refractivity contribution < 1.29 is 0 Å². The molecule has 0 spiro atoms. The van der Waals surface area contributed by atoms with E-state index in [0.717, 1.165) is 17.9 Å². The number of thioether (sulfide) groups is 1. The van der Waals surface area contributed by atoms with Crippen LogP contribution in [0, 0.1) is 6.92 Å². The number of nitrogens with zero attached hydrogens (tertiary/aromatic N) is 2. The number of benzene rings is 1. The summed E-state index contributed by atoms with van der Waals surface area (Å²) < 4.78 is 2.65. The average molecular weight is 295 g/mol. The van der Waals surface area contributed by atoms with Crippen LogP contribution in [-0.2, 0) is 12.4 Å². The SMILES string of the molecule is Cc1ccc2c(c1)nc(CCl)n2CC1(C)CCCS1. The zero-order valence-electron chi connectivity index (χ0n) is 11.4. The molecule has 0 saturated carbocycles. The molecule has 2 aromatic rings. The number of imidazole rings is 1. The highest BCUT2D eigenvalue weighted by atomic mass is 35.5. The maximum Gasteiger partial charge on any atom is 0.124 e. The number of alkyl halides is 1. The summed E-state index contributed by atoms with van der Waals surface area (Å²) in [5, 5.41) is 0. The molecule has 1 saturated heterocycles. The van der Waals surface area contributed by atoms with Gasteiger partial charge in [-0.1, -0.05) is 6.07 Å². The standard InChI is InChI=1S/C15H19ClN2S/c1-11-4-5-13-12(8-11)17-14(9-16)18(13)10-15(2)6-3-7-19-15/h4-5,8H,3,6-7,9-10H2,1-2H3. The Morgan fingerprint density at radius 2 is 2.32 bits per heavy atom. The molecule has 0 bridgehead atoms. The van der Waals surface area contributed by atoms with Crippen molar-refractivity contribution in [1.29, 1.82) is 0 Å². The fraction of sp³-hybridized carbons (Fsp3) is 0.533. The largest absolute Gasteiger partial charge is 0.326 e. The van der Waals surface area contributed by atoms with Gasteiger partial charge in [0.2, 0.25) is 0 Å². The van der Waals surface area contributed by atoms with Crippen LogP contribution in [0.25, 0.3) is 11.0 Å². The quantitative estimate of drug-likeness (QED) is 0.782. The monoisotopic (exact) mass is 294 g/mol. The second-order valence-corrected chi connectivity index (χ2v) is 7.59. The van der Waals surface area contributed by atoms with Gasteiger partial charge < -0.3 is 4.57 Å². The first-order chi connectivity index (χ1) is 9.11. The van der Waals surface area contributed by atoms with Crippen molar-refractivity contribution in [3.05, 3.63) is 29.6 Å². The Bertz CT molecular complexity index is 599. The molecular formula is C15H19ClN2S. The van der Waals surface area contributed by atoms with Gasteiger partial charge in [0.05, 0.1) is 16.9 Å². The lowest BCUT2D eigenvalue weighted by Crippen LogP contribution is -2.24. The van der Waals surface area contributed by atoms with Crippen LogP contribution < -0.4 is 0 Å². The van der Waals surface area contributed by atoms with E-state index in [0.29, 0.717) is 10.6 Å². The number of rotatable bonds is 3. The summed E-state index contributed by atoms with van der Waals surface area (Å²) in [6, 6.07) is 6.48. The third-order valence-electron chi connectivity index (χ3n) is 3.90. The number of aromatic nitrogens is 2. The lowest BCUT2D eigenvalue weighted by molar-refractivity contribution is 0.510. The molecule has 1 fully saturated rings. The Hall–Kier alpha value is -0.670. The van der Waals surface area contributed by atoms with Gasteiger partial charge in [-0.15, -0.1) is 11.6 Å². The zero-order chi connectivity index (χ0) is 13.5. The van der Waals surface area contributed by atoms with Crippen molar-refractivity contribution in [3.63, 3.8) is 0 Å². The Balaban J connectivity index is 2.05. The molecule has 19 heavy (non-hydrogen) atoms. The van der Waals surface area contributed by atoms with Crippen molar-refractivity contribution >= 4 is 34.4 Å². The summed E-state index contributed by atoms with van der Waals surface area (Å²) in [4.78, 5) is 4.69. The number of aryl methyl sites for hydroxylation is 1. The highest BCUT2D eigenvalue weighted by molar-refractivity contribution is 8.00. The third-order valence-corrected chi connectivity index (χ3v) is 5.66. The zero-order valence-corrected chi connectivity index (χ0v) is 13.0. The van der Waals surface area contributed by atoms with Gasteiger partial charge in [0.1, 0.15) is 5.82 Å². The van der Waals surface area contributed by atoms with Crippen LogP contribution in [0.2, 0.25) is 0 Å². The van der Waals surface area contributed by atoms with Crippen LogP contribution in [0.4, 0.5) is 0 Å². The first-order valence-electron chi connectivity index (χ1n) is 6.77. The van der Waals surface area contributed by atoms with Crippen LogP contribution >= 0.6 is 23.4 Å². The van der Waals surface area contributed by atoms with Crippen molar-refractivity contribution in [2.45, 2.75) is 43.9 Å². The van der Waals surface area contributed by atoms with Gasteiger partial charge >= 0.3 is 0 Å². The van der Waals surface area contributed by atoms with E-state index in [2.05, 4.69) is 53.4 Å². The Morgan fingerprint density at radius 1 is 1.47 bits per heavy atom. The second-order valence-electron chi connectivity index (χ2n) is 5.64. The smallest absolute Gasteiger partial charge is 0.124 e. The van der Waals surface area contributed by atoms with Crippen molar-refractivity contribution in [2.75, 3.05) is 5.75 Å². The molecule has 4 heteroatoms. The average Bonchev–Trinajstić information content (AvgIpc) is 2.94. The fourth-order valence-electron chi connectivity index (χ4n) is 2.86. The molecule has 3 rings (SSSR count). The first-order valence-corrected chi connectivity index (χ1v) is 8.29. The van der Waals surface area contributed by atoms with Gasteiger partial charge in [-0.3, -0.25) is 0 Å². The van der Waals surface area contributed by atoms with Crippen LogP contribution in [0.15, 0.2) is 18.2 Å². The van der Waals surface area contributed by atoms with Crippen LogP contribution in [0.5, 0.6) is 0 Å². The van der Waals surface area contributed by atoms with Crippen molar-refractivity contribution in [1.82, 2.24) is 9.55 Å². The van der Waals surface area contributed by atoms with E-state index in [1.165, 1.54) is 29.7 Å². The third kappa shape index (κ3) is 2.50. The van der Waals surface area contributed by atoms with Gasteiger partial charge in [-0.05, 0) is 50.1 Å². The highest BCUT2D eigenvalue weighted by Gasteiger charge is 2.31. The highest BCUT2D eigenvalue weighted by Crippen LogP contribution is 2.40. The van der Waals surface area contributed by atoms with Gasteiger partial charge in [-0.25, -0.2) is 4.98 Å². The van der Waals surface area contributed by atoms with Gasteiger partial charge in [0.25, 0.3) is 0 Å².